The summed E-state index contributed by atoms with van der Waals surface area (Å²) < 4.78 is 2.85. The molecule has 16 heavy (non-hydrogen) atoms. The Hall–Kier alpha value is -2.17. The van der Waals surface area contributed by atoms with Gasteiger partial charge in [-0.15, -0.1) is 0 Å². The van der Waals surface area contributed by atoms with Crippen LogP contribution in [0.3, 0.4) is 0 Å². The van der Waals surface area contributed by atoms with Crippen molar-refractivity contribution in [2.45, 2.75) is 0 Å². The monoisotopic (exact) mass is 214 g/mol. The Morgan fingerprint density at radius 1 is 1.19 bits per heavy atom. The average Bonchev–Trinajstić information content (AvgIpc) is 2.65. The lowest BCUT2D eigenvalue weighted by molar-refractivity contribution is 0.618. The zero-order chi connectivity index (χ0) is 11.3. The summed E-state index contributed by atoms with van der Waals surface area (Å²) in [5.74, 6) is 0.629. The van der Waals surface area contributed by atoms with Crippen LogP contribution in [0.1, 0.15) is 0 Å². The number of hydrogen-bond donors (Lipinski definition) is 0. The van der Waals surface area contributed by atoms with Crippen LogP contribution in [0.15, 0.2) is 29.1 Å². The molecule has 0 fully saturated rings. The molecule has 0 spiro atoms. The second-order valence-corrected chi connectivity index (χ2v) is 3.77. The van der Waals surface area contributed by atoms with Gasteiger partial charge in [0.2, 0.25) is 0 Å². The van der Waals surface area contributed by atoms with Crippen molar-refractivity contribution in [3.8, 4) is 11.5 Å². The third-order valence-electron chi connectivity index (χ3n) is 2.73. The predicted molar refractivity (Wildman–Crippen MR) is 60.4 cm³/mol. The molecule has 1 aromatic carbocycles. The van der Waals surface area contributed by atoms with Gasteiger partial charge in [-0.05, 0) is 6.07 Å². The van der Waals surface area contributed by atoms with Crippen LogP contribution in [0, 0.1) is 0 Å². The van der Waals surface area contributed by atoms with E-state index in [1.165, 1.54) is 9.25 Å². The van der Waals surface area contributed by atoms with E-state index in [-0.39, 0.29) is 5.69 Å². The number of rotatable bonds is 0. The van der Waals surface area contributed by atoms with Crippen molar-refractivity contribution < 1.29 is 0 Å². The Balaban J connectivity index is 2.59. The molecular formula is C11H10N4O. The summed E-state index contributed by atoms with van der Waals surface area (Å²) in [6.07, 6.45) is 0. The third-order valence-corrected chi connectivity index (χ3v) is 2.73. The fourth-order valence-corrected chi connectivity index (χ4v) is 1.89. The van der Waals surface area contributed by atoms with Gasteiger partial charge in [-0.2, -0.15) is 5.10 Å². The topological polar surface area (TPSA) is 52.7 Å². The molecule has 0 atom stereocenters. The van der Waals surface area contributed by atoms with Gasteiger partial charge >= 0.3 is 5.69 Å². The van der Waals surface area contributed by atoms with Gasteiger partial charge in [-0.25, -0.2) is 14.5 Å². The largest absolute Gasteiger partial charge is 0.345 e. The number of aryl methyl sites for hydroxylation is 1. The first-order valence-electron chi connectivity index (χ1n) is 4.97. The van der Waals surface area contributed by atoms with E-state index in [0.717, 1.165) is 16.6 Å². The first-order chi connectivity index (χ1) is 7.68. The molecule has 0 unspecified atom stereocenters. The fraction of sp³-hybridized carbons (Fsp3) is 0.182. The number of nitrogens with zero attached hydrogens (tertiary/aromatic N) is 4. The van der Waals surface area contributed by atoms with Crippen molar-refractivity contribution in [2.75, 3.05) is 0 Å². The zero-order valence-corrected chi connectivity index (χ0v) is 9.01. The number of aromatic nitrogens is 4. The molecule has 80 valence electrons. The Bertz CT molecular complexity index is 710. The number of fused-ring (bicyclic) bond motifs is 3. The molecule has 3 rings (SSSR count). The SMILES string of the molecule is Cn1nc2c3ccccc3nc-2n(C)c1=O. The van der Waals surface area contributed by atoms with Crippen LogP contribution in [0.25, 0.3) is 22.4 Å². The molecule has 0 N–H and O–H groups in total. The van der Waals surface area contributed by atoms with E-state index in [9.17, 15) is 4.79 Å². The lowest BCUT2D eigenvalue weighted by atomic mass is 10.2. The smallest absolute Gasteiger partial charge is 0.278 e. The molecule has 0 aliphatic carbocycles. The summed E-state index contributed by atoms with van der Waals surface area (Å²) in [5, 5.41) is 5.22. The van der Waals surface area contributed by atoms with Crippen molar-refractivity contribution in [2.24, 2.45) is 14.1 Å². The highest BCUT2D eigenvalue weighted by molar-refractivity contribution is 5.94. The highest BCUT2D eigenvalue weighted by Crippen LogP contribution is 2.26. The van der Waals surface area contributed by atoms with E-state index in [2.05, 4.69) is 10.1 Å². The molecule has 2 heterocycles. The molecule has 0 saturated heterocycles. The summed E-state index contributed by atoms with van der Waals surface area (Å²) in [7, 11) is 3.35. The molecule has 5 nitrogen and oxygen atoms in total. The van der Waals surface area contributed by atoms with E-state index in [1.54, 1.807) is 14.1 Å². The fourth-order valence-electron chi connectivity index (χ4n) is 1.89. The Kier molecular flexibility index (Phi) is 1.65. The second kappa shape index (κ2) is 2.91. The van der Waals surface area contributed by atoms with Gasteiger partial charge in [-0.3, -0.25) is 4.57 Å². The molecular weight excluding hydrogens is 204 g/mol. The van der Waals surface area contributed by atoms with Gasteiger partial charge < -0.3 is 0 Å². The normalized spacial score (nSPS) is 11.4. The van der Waals surface area contributed by atoms with Crippen LogP contribution in [0.2, 0.25) is 0 Å². The molecule has 2 aliphatic rings. The van der Waals surface area contributed by atoms with Gasteiger partial charge in [0.1, 0.15) is 5.69 Å². The molecule has 0 radical (unpaired) electrons. The number of benzene rings is 1. The van der Waals surface area contributed by atoms with Crippen LogP contribution in [-0.4, -0.2) is 19.3 Å². The summed E-state index contributed by atoms with van der Waals surface area (Å²) in [6, 6.07) is 7.74. The van der Waals surface area contributed by atoms with Gasteiger partial charge in [0.15, 0.2) is 5.82 Å². The van der Waals surface area contributed by atoms with Crippen molar-refractivity contribution in [3.63, 3.8) is 0 Å². The lowest BCUT2D eigenvalue weighted by Gasteiger charge is -2.06. The quantitative estimate of drug-likeness (QED) is 0.555. The maximum Gasteiger partial charge on any atom is 0.345 e. The molecule has 5 heteroatoms. The summed E-state index contributed by atoms with van der Waals surface area (Å²) >= 11 is 0. The minimum absolute atomic E-state index is 0.171. The molecule has 2 aliphatic heterocycles. The maximum absolute atomic E-state index is 11.7. The zero-order valence-electron chi connectivity index (χ0n) is 9.01. The molecule has 0 saturated carbocycles. The standard InChI is InChI=1S/C11H10N4O/c1-14-10-9(13-15(2)11(14)16)7-5-3-4-6-8(7)12-10/h3-6H,1-2H3. The lowest BCUT2D eigenvalue weighted by Crippen LogP contribution is -2.30. The first kappa shape index (κ1) is 9.08. The van der Waals surface area contributed by atoms with Crippen molar-refractivity contribution in [3.05, 3.63) is 34.7 Å². The van der Waals surface area contributed by atoms with Crippen molar-refractivity contribution in [1.82, 2.24) is 19.3 Å². The second-order valence-electron chi connectivity index (χ2n) is 3.77. The predicted octanol–water partition coefficient (Wildman–Crippen LogP) is 0.772. The Morgan fingerprint density at radius 3 is 2.75 bits per heavy atom. The Labute approximate surface area is 91.3 Å². The van der Waals surface area contributed by atoms with Gasteiger partial charge in [0, 0.05) is 19.5 Å². The minimum atomic E-state index is -0.171. The molecule has 1 aromatic rings. The van der Waals surface area contributed by atoms with Crippen LogP contribution >= 0.6 is 0 Å². The van der Waals surface area contributed by atoms with Crippen LogP contribution in [-0.2, 0) is 14.1 Å². The summed E-state index contributed by atoms with van der Waals surface area (Å²) in [5.41, 5.74) is 1.46. The van der Waals surface area contributed by atoms with Crippen LogP contribution in [0.5, 0.6) is 0 Å². The summed E-state index contributed by atoms with van der Waals surface area (Å²) in [4.78, 5) is 16.1. The van der Waals surface area contributed by atoms with Gasteiger partial charge in [0.05, 0.1) is 5.52 Å². The highest BCUT2D eigenvalue weighted by atomic mass is 16.2. The van der Waals surface area contributed by atoms with E-state index < -0.39 is 0 Å². The van der Waals surface area contributed by atoms with Crippen molar-refractivity contribution in [1.29, 1.82) is 0 Å². The van der Waals surface area contributed by atoms with Crippen molar-refractivity contribution >= 4 is 10.9 Å². The highest BCUT2D eigenvalue weighted by Gasteiger charge is 2.17. The maximum atomic E-state index is 11.7. The molecule has 0 amide bonds. The van der Waals surface area contributed by atoms with E-state index in [4.69, 9.17) is 0 Å². The third kappa shape index (κ3) is 1.02. The first-order valence-corrected chi connectivity index (χ1v) is 4.97. The van der Waals surface area contributed by atoms with E-state index in [0.29, 0.717) is 5.82 Å². The minimum Gasteiger partial charge on any atom is -0.278 e. The number of hydrogen-bond acceptors (Lipinski definition) is 3. The van der Waals surface area contributed by atoms with E-state index >= 15 is 0 Å². The molecule has 0 aromatic heterocycles. The average molecular weight is 214 g/mol. The van der Waals surface area contributed by atoms with Crippen LogP contribution in [0.4, 0.5) is 0 Å². The van der Waals surface area contributed by atoms with Gasteiger partial charge in [0.25, 0.3) is 0 Å². The summed E-state index contributed by atoms with van der Waals surface area (Å²) in [6.45, 7) is 0. The van der Waals surface area contributed by atoms with Gasteiger partial charge in [-0.1, -0.05) is 18.2 Å². The van der Waals surface area contributed by atoms with Crippen LogP contribution < -0.4 is 5.69 Å². The molecule has 0 bridgehead atoms. The Morgan fingerprint density at radius 2 is 1.94 bits per heavy atom. The number of para-hydroxylation sites is 1. The van der Waals surface area contributed by atoms with E-state index in [1.807, 2.05) is 24.3 Å².